The lowest BCUT2D eigenvalue weighted by Gasteiger charge is -2.21. The number of rotatable bonds is 5. The number of hydrogen-bond acceptors (Lipinski definition) is 4. The van der Waals surface area contributed by atoms with Gasteiger partial charge in [-0.25, -0.2) is 18.7 Å². The smallest absolute Gasteiger partial charge is 0.255 e. The molecule has 0 saturated heterocycles. The summed E-state index contributed by atoms with van der Waals surface area (Å²) in [6.07, 6.45) is -1.07. The zero-order valence-corrected chi connectivity index (χ0v) is 14.9. The lowest BCUT2D eigenvalue weighted by molar-refractivity contribution is 0.0506. The quantitative estimate of drug-likeness (QED) is 0.587. The van der Waals surface area contributed by atoms with Crippen LogP contribution in [0.25, 0.3) is 0 Å². The third-order valence-corrected chi connectivity index (χ3v) is 4.67. The summed E-state index contributed by atoms with van der Waals surface area (Å²) in [4.78, 5) is 33.6. The molecular formula is C18H16ClF2N3O2. The molecule has 8 heteroatoms. The highest BCUT2D eigenvalue weighted by Gasteiger charge is 2.37. The first kappa shape index (κ1) is 18.4. The number of carbonyl (C=O) groups is 2. The molecule has 1 atom stereocenters. The number of benzene rings is 1. The van der Waals surface area contributed by atoms with E-state index in [-0.39, 0.29) is 17.5 Å². The van der Waals surface area contributed by atoms with Crippen molar-refractivity contribution >= 4 is 23.3 Å². The molecule has 0 fully saturated rings. The summed E-state index contributed by atoms with van der Waals surface area (Å²) in [5.41, 5.74) is 2.42. The zero-order valence-electron chi connectivity index (χ0n) is 14.2. The van der Waals surface area contributed by atoms with Crippen LogP contribution in [-0.2, 0) is 6.42 Å². The molecule has 0 spiro atoms. The molecule has 1 aromatic carbocycles. The van der Waals surface area contributed by atoms with Gasteiger partial charge in [0.05, 0.1) is 23.8 Å². The minimum atomic E-state index is -2.61. The van der Waals surface area contributed by atoms with E-state index in [2.05, 4.69) is 9.97 Å². The van der Waals surface area contributed by atoms with Crippen LogP contribution < -0.4 is 0 Å². The van der Waals surface area contributed by atoms with Gasteiger partial charge in [0.1, 0.15) is 0 Å². The Morgan fingerprint density at radius 3 is 2.77 bits per heavy atom. The van der Waals surface area contributed by atoms with Crippen molar-refractivity contribution in [2.24, 2.45) is 0 Å². The minimum absolute atomic E-state index is 0.00315. The number of aromatic nitrogens is 2. The van der Waals surface area contributed by atoms with Crippen LogP contribution in [0, 0.1) is 0 Å². The van der Waals surface area contributed by atoms with E-state index >= 15 is 0 Å². The van der Waals surface area contributed by atoms with Crippen molar-refractivity contribution in [3.63, 3.8) is 0 Å². The highest BCUT2D eigenvalue weighted by molar-refractivity contribution is 6.28. The standard InChI is InChI=1S/C18H16ClF2N3O2/c1-9-12-5-3-4-11(16(12)17(26)24(9)8-15(20)21)6-14-13(10(2)25)7-22-18(19)23-14/h3-5,7,9,15H,6,8H2,1-2H3. The van der Waals surface area contributed by atoms with Crippen molar-refractivity contribution in [1.82, 2.24) is 14.9 Å². The maximum atomic E-state index is 12.8. The summed E-state index contributed by atoms with van der Waals surface area (Å²) < 4.78 is 25.7. The van der Waals surface area contributed by atoms with Crippen molar-refractivity contribution in [2.45, 2.75) is 32.7 Å². The number of hydrogen-bond donors (Lipinski definition) is 0. The summed E-state index contributed by atoms with van der Waals surface area (Å²) >= 11 is 5.85. The second kappa shape index (κ2) is 7.07. The summed E-state index contributed by atoms with van der Waals surface area (Å²) in [6, 6.07) is 4.81. The van der Waals surface area contributed by atoms with Gasteiger partial charge in [-0.2, -0.15) is 0 Å². The second-order valence-electron chi connectivity index (χ2n) is 6.14. The van der Waals surface area contributed by atoms with Gasteiger partial charge in [0.15, 0.2) is 5.78 Å². The molecule has 2 heterocycles. The predicted octanol–water partition coefficient (Wildman–Crippen LogP) is 3.71. The summed E-state index contributed by atoms with van der Waals surface area (Å²) in [5, 5.41) is -0.00315. The first-order chi connectivity index (χ1) is 12.3. The van der Waals surface area contributed by atoms with E-state index in [9.17, 15) is 18.4 Å². The first-order valence-electron chi connectivity index (χ1n) is 8.02. The van der Waals surface area contributed by atoms with E-state index in [4.69, 9.17) is 11.6 Å². The molecular weight excluding hydrogens is 364 g/mol. The molecule has 0 radical (unpaired) electrons. The van der Waals surface area contributed by atoms with Gasteiger partial charge in [0.2, 0.25) is 5.28 Å². The van der Waals surface area contributed by atoms with E-state index in [0.717, 1.165) is 4.90 Å². The molecule has 5 nitrogen and oxygen atoms in total. The fraction of sp³-hybridized carbons (Fsp3) is 0.333. The van der Waals surface area contributed by atoms with Gasteiger partial charge in [-0.3, -0.25) is 9.59 Å². The number of ketones is 1. The van der Waals surface area contributed by atoms with Crippen LogP contribution >= 0.6 is 11.6 Å². The fourth-order valence-electron chi connectivity index (χ4n) is 3.26. The Hall–Kier alpha value is -2.41. The molecule has 1 unspecified atom stereocenters. The molecule has 26 heavy (non-hydrogen) atoms. The summed E-state index contributed by atoms with van der Waals surface area (Å²) in [7, 11) is 0. The Labute approximate surface area is 154 Å². The molecule has 0 saturated carbocycles. The molecule has 0 bridgehead atoms. The van der Waals surface area contributed by atoms with Crippen molar-refractivity contribution in [1.29, 1.82) is 0 Å². The fourth-order valence-corrected chi connectivity index (χ4v) is 3.41. The third-order valence-electron chi connectivity index (χ3n) is 4.49. The van der Waals surface area contributed by atoms with Crippen LogP contribution in [0.3, 0.4) is 0 Å². The Bertz CT molecular complexity index is 889. The highest BCUT2D eigenvalue weighted by atomic mass is 35.5. The second-order valence-corrected chi connectivity index (χ2v) is 6.48. The number of halogens is 3. The molecule has 136 valence electrons. The normalized spacial score (nSPS) is 16.3. The van der Waals surface area contributed by atoms with Crippen molar-refractivity contribution < 1.29 is 18.4 Å². The minimum Gasteiger partial charge on any atom is -0.326 e. The molecule has 1 aliphatic rings. The van der Waals surface area contributed by atoms with Crippen molar-refractivity contribution in [3.8, 4) is 0 Å². The Kier molecular flexibility index (Phi) is 5.00. The Balaban J connectivity index is 2.03. The van der Waals surface area contributed by atoms with E-state index in [1.165, 1.54) is 13.1 Å². The number of carbonyl (C=O) groups excluding carboxylic acids is 2. The van der Waals surface area contributed by atoms with Crippen LogP contribution in [0.1, 0.15) is 57.4 Å². The number of nitrogens with zero attached hydrogens (tertiary/aromatic N) is 3. The SMILES string of the molecule is CC(=O)c1cnc(Cl)nc1Cc1cccc2c1C(=O)N(CC(F)F)C2C. The van der Waals surface area contributed by atoms with Gasteiger partial charge in [0, 0.05) is 18.2 Å². The average molecular weight is 380 g/mol. The topological polar surface area (TPSA) is 63.2 Å². The van der Waals surface area contributed by atoms with Crippen LogP contribution in [0.15, 0.2) is 24.4 Å². The maximum Gasteiger partial charge on any atom is 0.255 e. The van der Waals surface area contributed by atoms with Gasteiger partial charge in [-0.1, -0.05) is 18.2 Å². The molecule has 3 rings (SSSR count). The average Bonchev–Trinajstić information content (AvgIpc) is 2.80. The van der Waals surface area contributed by atoms with E-state index in [1.54, 1.807) is 25.1 Å². The number of alkyl halides is 2. The van der Waals surface area contributed by atoms with E-state index in [0.29, 0.717) is 27.9 Å². The predicted molar refractivity (Wildman–Crippen MR) is 91.8 cm³/mol. The van der Waals surface area contributed by atoms with Crippen LogP contribution in [0.4, 0.5) is 8.78 Å². The number of fused-ring (bicyclic) bond motifs is 1. The van der Waals surface area contributed by atoms with Crippen LogP contribution in [-0.4, -0.2) is 39.5 Å². The van der Waals surface area contributed by atoms with Crippen LogP contribution in [0.2, 0.25) is 5.28 Å². The molecule has 1 amide bonds. The third kappa shape index (κ3) is 3.31. The van der Waals surface area contributed by atoms with Gasteiger partial charge >= 0.3 is 0 Å². The largest absolute Gasteiger partial charge is 0.326 e. The molecule has 2 aromatic rings. The van der Waals surface area contributed by atoms with Gasteiger partial charge in [-0.05, 0) is 36.6 Å². The first-order valence-corrected chi connectivity index (χ1v) is 8.40. The van der Waals surface area contributed by atoms with Crippen molar-refractivity contribution in [2.75, 3.05) is 6.54 Å². The Morgan fingerprint density at radius 1 is 1.38 bits per heavy atom. The number of Topliss-reactive ketones (excluding diaryl/α,β-unsaturated/α-hetero) is 1. The lowest BCUT2D eigenvalue weighted by atomic mass is 9.95. The van der Waals surface area contributed by atoms with Gasteiger partial charge < -0.3 is 4.90 Å². The monoisotopic (exact) mass is 379 g/mol. The van der Waals surface area contributed by atoms with Gasteiger partial charge in [0.25, 0.3) is 12.3 Å². The molecule has 0 aliphatic carbocycles. The van der Waals surface area contributed by atoms with E-state index in [1.807, 2.05) is 0 Å². The molecule has 1 aliphatic heterocycles. The van der Waals surface area contributed by atoms with Crippen molar-refractivity contribution in [3.05, 3.63) is 57.6 Å². The highest BCUT2D eigenvalue weighted by Crippen LogP contribution is 2.36. The molecule has 1 aromatic heterocycles. The lowest BCUT2D eigenvalue weighted by Crippen LogP contribution is -2.31. The maximum absolute atomic E-state index is 12.8. The van der Waals surface area contributed by atoms with E-state index < -0.39 is 24.9 Å². The van der Waals surface area contributed by atoms with Crippen LogP contribution in [0.5, 0.6) is 0 Å². The summed E-state index contributed by atoms with van der Waals surface area (Å²) in [5.74, 6) is -0.656. The number of amides is 1. The van der Waals surface area contributed by atoms with Gasteiger partial charge in [-0.15, -0.1) is 0 Å². The molecule has 0 N–H and O–H groups in total. The Morgan fingerprint density at radius 2 is 2.12 bits per heavy atom. The zero-order chi connectivity index (χ0) is 19.0. The summed E-state index contributed by atoms with van der Waals surface area (Å²) in [6.45, 7) is 2.49.